The highest BCUT2D eigenvalue weighted by atomic mass is 16.6. The number of hydrogen-bond donors (Lipinski definition) is 3. The number of nitrogens with one attached hydrogen (secondary N) is 2. The molecule has 0 aromatic heterocycles. The van der Waals surface area contributed by atoms with Crippen molar-refractivity contribution in [1.29, 1.82) is 0 Å². The van der Waals surface area contributed by atoms with Crippen LogP contribution < -0.4 is 16.4 Å². The van der Waals surface area contributed by atoms with E-state index in [0.717, 1.165) is 25.8 Å². The highest BCUT2D eigenvalue weighted by molar-refractivity contribution is 5.67. The number of alkyl carbamates (subject to hydrolysis) is 1. The Morgan fingerprint density at radius 3 is 2.39 bits per heavy atom. The fourth-order valence-corrected chi connectivity index (χ4v) is 2.54. The molecular formula is C18H29N3O2. The first-order valence-electron chi connectivity index (χ1n) is 8.35. The van der Waals surface area contributed by atoms with Crippen LogP contribution in [0.3, 0.4) is 0 Å². The van der Waals surface area contributed by atoms with Crippen molar-refractivity contribution in [2.75, 3.05) is 6.54 Å². The Kier molecular flexibility index (Phi) is 6.02. The number of ether oxygens (including phenoxy) is 1. The maximum Gasteiger partial charge on any atom is 0.407 e. The van der Waals surface area contributed by atoms with Gasteiger partial charge in [-0.2, -0.15) is 0 Å². The second kappa shape index (κ2) is 7.79. The summed E-state index contributed by atoms with van der Waals surface area (Å²) in [6.45, 7) is 7.03. The Morgan fingerprint density at radius 2 is 1.83 bits per heavy atom. The van der Waals surface area contributed by atoms with Crippen LogP contribution in [0, 0.1) is 0 Å². The molecule has 0 saturated heterocycles. The fraction of sp³-hybridized carbons (Fsp3) is 0.611. The van der Waals surface area contributed by atoms with Gasteiger partial charge in [0.05, 0.1) is 0 Å². The summed E-state index contributed by atoms with van der Waals surface area (Å²) in [6.07, 6.45) is 2.59. The number of nitrogens with two attached hydrogens (primary N) is 1. The minimum absolute atomic E-state index is 0.364. The number of amides is 1. The molecular weight excluding hydrogens is 290 g/mol. The molecule has 4 N–H and O–H groups in total. The van der Waals surface area contributed by atoms with E-state index in [1.54, 1.807) is 0 Å². The van der Waals surface area contributed by atoms with Crippen molar-refractivity contribution in [1.82, 2.24) is 10.6 Å². The zero-order valence-corrected chi connectivity index (χ0v) is 14.4. The van der Waals surface area contributed by atoms with Crippen LogP contribution in [0.1, 0.15) is 44.7 Å². The van der Waals surface area contributed by atoms with Gasteiger partial charge >= 0.3 is 6.09 Å². The van der Waals surface area contributed by atoms with Crippen molar-refractivity contribution in [3.8, 4) is 0 Å². The summed E-state index contributed by atoms with van der Waals surface area (Å²) in [7, 11) is 0. The number of benzene rings is 1. The smallest absolute Gasteiger partial charge is 0.407 e. The van der Waals surface area contributed by atoms with Gasteiger partial charge in [0, 0.05) is 25.2 Å². The van der Waals surface area contributed by atoms with E-state index in [2.05, 4.69) is 34.9 Å². The Hall–Kier alpha value is -1.59. The van der Waals surface area contributed by atoms with Gasteiger partial charge in [-0.3, -0.25) is 0 Å². The molecule has 1 aliphatic rings. The van der Waals surface area contributed by atoms with Gasteiger partial charge in [-0.1, -0.05) is 24.3 Å². The van der Waals surface area contributed by atoms with Crippen LogP contribution in [0.4, 0.5) is 4.79 Å². The summed E-state index contributed by atoms with van der Waals surface area (Å²) in [5, 5.41) is 6.29. The summed E-state index contributed by atoms with van der Waals surface area (Å²) >= 11 is 0. The van der Waals surface area contributed by atoms with E-state index in [4.69, 9.17) is 10.5 Å². The van der Waals surface area contributed by atoms with Crippen LogP contribution in [-0.2, 0) is 17.7 Å². The molecule has 1 saturated carbocycles. The third kappa shape index (κ3) is 6.59. The zero-order valence-electron chi connectivity index (χ0n) is 14.4. The van der Waals surface area contributed by atoms with E-state index in [9.17, 15) is 4.79 Å². The molecule has 1 aromatic carbocycles. The molecule has 0 radical (unpaired) electrons. The van der Waals surface area contributed by atoms with Gasteiger partial charge in [0.1, 0.15) is 5.60 Å². The standard InChI is InChI=1S/C18H29N3O2/c1-18(2,3)23-17(22)20-9-8-13-4-6-14(7-5-13)12-21-16-10-15(19)11-16/h4-7,15-16,21H,8-12,19H2,1-3H3,(H,20,22). The second-order valence-corrected chi connectivity index (χ2v) is 7.30. The van der Waals surface area contributed by atoms with Crippen molar-refractivity contribution in [2.24, 2.45) is 5.73 Å². The van der Waals surface area contributed by atoms with Crippen LogP contribution in [0.25, 0.3) is 0 Å². The molecule has 0 spiro atoms. The molecule has 0 unspecified atom stereocenters. The number of rotatable bonds is 6. The Balaban J connectivity index is 1.65. The molecule has 0 aliphatic heterocycles. The molecule has 1 fully saturated rings. The summed E-state index contributed by atoms with van der Waals surface area (Å²) in [6, 6.07) is 9.44. The molecule has 5 nitrogen and oxygen atoms in total. The minimum Gasteiger partial charge on any atom is -0.444 e. The molecule has 5 heteroatoms. The van der Waals surface area contributed by atoms with E-state index in [1.807, 2.05) is 20.8 Å². The van der Waals surface area contributed by atoms with Crippen molar-refractivity contribution in [3.05, 3.63) is 35.4 Å². The largest absolute Gasteiger partial charge is 0.444 e. The first kappa shape index (κ1) is 17.8. The third-order valence-corrected chi connectivity index (χ3v) is 3.87. The topological polar surface area (TPSA) is 76.4 Å². The van der Waals surface area contributed by atoms with Crippen LogP contribution in [-0.4, -0.2) is 30.3 Å². The van der Waals surface area contributed by atoms with E-state index >= 15 is 0 Å². The summed E-state index contributed by atoms with van der Waals surface area (Å²) in [5.41, 5.74) is 7.80. The van der Waals surface area contributed by atoms with E-state index in [0.29, 0.717) is 18.6 Å². The molecule has 128 valence electrons. The summed E-state index contributed by atoms with van der Waals surface area (Å²) in [5.74, 6) is 0. The van der Waals surface area contributed by atoms with Gasteiger partial charge in [-0.15, -0.1) is 0 Å². The number of carbonyl (C=O) groups excluding carboxylic acids is 1. The van der Waals surface area contributed by atoms with Crippen LogP contribution >= 0.6 is 0 Å². The summed E-state index contributed by atoms with van der Waals surface area (Å²) < 4.78 is 5.21. The molecule has 1 amide bonds. The highest BCUT2D eigenvalue weighted by Crippen LogP contribution is 2.18. The molecule has 0 atom stereocenters. The molecule has 0 bridgehead atoms. The monoisotopic (exact) mass is 319 g/mol. The second-order valence-electron chi connectivity index (χ2n) is 7.30. The van der Waals surface area contributed by atoms with Gasteiger partial charge in [-0.25, -0.2) is 4.79 Å². The number of carbonyl (C=O) groups is 1. The van der Waals surface area contributed by atoms with Gasteiger partial charge in [-0.05, 0) is 51.2 Å². The normalized spacial score (nSPS) is 20.7. The Labute approximate surface area is 139 Å². The lowest BCUT2D eigenvalue weighted by atomic mass is 9.87. The lowest BCUT2D eigenvalue weighted by Crippen LogP contribution is -2.48. The average molecular weight is 319 g/mol. The predicted molar refractivity (Wildman–Crippen MR) is 92.2 cm³/mol. The fourth-order valence-electron chi connectivity index (χ4n) is 2.54. The molecule has 2 rings (SSSR count). The quantitative estimate of drug-likeness (QED) is 0.752. The first-order valence-corrected chi connectivity index (χ1v) is 8.35. The van der Waals surface area contributed by atoms with Crippen molar-refractivity contribution < 1.29 is 9.53 Å². The van der Waals surface area contributed by atoms with Gasteiger partial charge < -0.3 is 21.1 Å². The van der Waals surface area contributed by atoms with Gasteiger partial charge in [0.2, 0.25) is 0 Å². The van der Waals surface area contributed by atoms with E-state index in [1.165, 1.54) is 11.1 Å². The molecule has 23 heavy (non-hydrogen) atoms. The van der Waals surface area contributed by atoms with Crippen molar-refractivity contribution >= 4 is 6.09 Å². The lowest BCUT2D eigenvalue weighted by molar-refractivity contribution is 0.0528. The Bertz CT molecular complexity index is 502. The van der Waals surface area contributed by atoms with Gasteiger partial charge in [0.15, 0.2) is 0 Å². The van der Waals surface area contributed by atoms with Crippen molar-refractivity contribution in [3.63, 3.8) is 0 Å². The summed E-state index contributed by atoms with van der Waals surface area (Å²) in [4.78, 5) is 11.6. The maximum absolute atomic E-state index is 11.6. The first-order chi connectivity index (χ1) is 10.8. The van der Waals surface area contributed by atoms with Crippen molar-refractivity contribution in [2.45, 2.75) is 64.3 Å². The SMILES string of the molecule is CC(C)(C)OC(=O)NCCc1ccc(CNC2CC(N)C2)cc1. The van der Waals surface area contributed by atoms with Crippen LogP contribution in [0.5, 0.6) is 0 Å². The Morgan fingerprint density at radius 1 is 1.22 bits per heavy atom. The molecule has 1 aliphatic carbocycles. The number of hydrogen-bond acceptors (Lipinski definition) is 4. The van der Waals surface area contributed by atoms with E-state index in [-0.39, 0.29) is 6.09 Å². The van der Waals surface area contributed by atoms with Crippen LogP contribution in [0.2, 0.25) is 0 Å². The van der Waals surface area contributed by atoms with Crippen LogP contribution in [0.15, 0.2) is 24.3 Å². The predicted octanol–water partition coefficient (Wildman–Crippen LogP) is 2.33. The zero-order chi connectivity index (χ0) is 16.9. The van der Waals surface area contributed by atoms with E-state index < -0.39 is 5.60 Å². The molecule has 0 heterocycles. The maximum atomic E-state index is 11.6. The minimum atomic E-state index is -0.455. The molecule has 1 aromatic rings. The average Bonchev–Trinajstić information content (AvgIpc) is 2.42. The highest BCUT2D eigenvalue weighted by Gasteiger charge is 2.24. The lowest BCUT2D eigenvalue weighted by Gasteiger charge is -2.33. The van der Waals surface area contributed by atoms with Gasteiger partial charge in [0.25, 0.3) is 0 Å². The third-order valence-electron chi connectivity index (χ3n) is 3.87.